The Balaban J connectivity index is 1.51. The number of anilines is 1. The molecule has 150 valence electrons. The van der Waals surface area contributed by atoms with Crippen LogP contribution in [-0.4, -0.2) is 38.2 Å². The summed E-state index contributed by atoms with van der Waals surface area (Å²) in [7, 11) is 1.59. The summed E-state index contributed by atoms with van der Waals surface area (Å²) < 4.78 is 5.40. The number of pyridine rings is 2. The van der Waals surface area contributed by atoms with E-state index in [1.807, 2.05) is 49.4 Å². The van der Waals surface area contributed by atoms with Gasteiger partial charge in [0, 0.05) is 23.9 Å². The lowest BCUT2D eigenvalue weighted by Crippen LogP contribution is -2.14. The van der Waals surface area contributed by atoms with Gasteiger partial charge in [0.15, 0.2) is 0 Å². The van der Waals surface area contributed by atoms with Crippen molar-refractivity contribution < 1.29 is 9.53 Å². The number of amides is 1. The van der Waals surface area contributed by atoms with Crippen LogP contribution in [0.3, 0.4) is 0 Å². The molecule has 3 heterocycles. The summed E-state index contributed by atoms with van der Waals surface area (Å²) in [6.45, 7) is 1.91. The first kappa shape index (κ1) is 19.3. The maximum atomic E-state index is 12.6. The fourth-order valence-electron chi connectivity index (χ4n) is 3.04. The number of rotatable bonds is 6. The highest BCUT2D eigenvalue weighted by molar-refractivity contribution is 6.01. The van der Waals surface area contributed by atoms with E-state index in [2.05, 4.69) is 30.5 Å². The Hall–Kier alpha value is -4.07. The molecule has 0 saturated carbocycles. The number of hydrogen-bond donors (Lipinski definition) is 2. The number of ether oxygens (including phenoxy) is 1. The first-order chi connectivity index (χ1) is 14.6. The minimum atomic E-state index is -0.437. The summed E-state index contributed by atoms with van der Waals surface area (Å²) in [5.41, 5.74) is 3.66. The van der Waals surface area contributed by atoms with Gasteiger partial charge < -0.3 is 10.1 Å². The minimum Gasteiger partial charge on any atom is -0.494 e. The lowest BCUT2D eigenvalue weighted by Gasteiger charge is -2.10. The first-order valence-corrected chi connectivity index (χ1v) is 9.36. The van der Waals surface area contributed by atoms with Crippen molar-refractivity contribution in [3.05, 3.63) is 83.8 Å². The monoisotopic (exact) mass is 400 g/mol. The number of benzene rings is 1. The summed E-state index contributed by atoms with van der Waals surface area (Å²) in [4.78, 5) is 25.3. The van der Waals surface area contributed by atoms with Crippen molar-refractivity contribution in [3.63, 3.8) is 0 Å². The number of aromatic nitrogens is 5. The van der Waals surface area contributed by atoms with Crippen molar-refractivity contribution in [1.82, 2.24) is 25.1 Å². The Morgan fingerprint density at radius 1 is 1.13 bits per heavy atom. The topological polar surface area (TPSA) is 106 Å². The van der Waals surface area contributed by atoms with Gasteiger partial charge in [-0.1, -0.05) is 30.3 Å². The molecule has 0 bridgehead atoms. The van der Waals surface area contributed by atoms with Crippen LogP contribution in [-0.2, 0) is 6.42 Å². The second-order valence-electron chi connectivity index (χ2n) is 6.68. The molecule has 3 aromatic heterocycles. The van der Waals surface area contributed by atoms with E-state index >= 15 is 0 Å². The molecule has 1 amide bonds. The fraction of sp³-hybridized carbons (Fsp3) is 0.136. The van der Waals surface area contributed by atoms with E-state index in [1.54, 1.807) is 25.6 Å². The molecule has 0 aliphatic rings. The van der Waals surface area contributed by atoms with Gasteiger partial charge >= 0.3 is 0 Å². The van der Waals surface area contributed by atoms with Crippen molar-refractivity contribution in [2.24, 2.45) is 0 Å². The molecule has 0 spiro atoms. The van der Waals surface area contributed by atoms with Crippen LogP contribution in [0.15, 0.2) is 60.9 Å². The Bertz CT molecular complexity index is 1170. The average Bonchev–Trinajstić information content (AvgIpc) is 3.23. The molecule has 2 N–H and O–H groups in total. The molecule has 0 atom stereocenters. The standard InChI is InChI=1S/C22H20N6O2/c1-14-10-17(18(30-2)13-24-14)16-8-9-23-19(12-16)26-22(29)21-25-20(27-28-21)11-15-6-4-3-5-7-15/h3-10,12-13H,11H2,1-2H3,(H,23,26,29)(H,25,27,28). The van der Waals surface area contributed by atoms with Crippen LogP contribution in [0, 0.1) is 6.92 Å². The smallest absolute Gasteiger partial charge is 0.296 e. The van der Waals surface area contributed by atoms with Crippen LogP contribution in [0.5, 0.6) is 5.75 Å². The summed E-state index contributed by atoms with van der Waals surface area (Å²) in [6, 6.07) is 15.4. The Labute approximate surface area is 173 Å². The molecule has 30 heavy (non-hydrogen) atoms. The number of nitrogens with zero attached hydrogens (tertiary/aromatic N) is 4. The second-order valence-corrected chi connectivity index (χ2v) is 6.68. The van der Waals surface area contributed by atoms with Crippen LogP contribution >= 0.6 is 0 Å². The largest absolute Gasteiger partial charge is 0.494 e. The summed E-state index contributed by atoms with van der Waals surface area (Å²) in [5, 5.41) is 9.58. The van der Waals surface area contributed by atoms with Crippen LogP contribution in [0.2, 0.25) is 0 Å². The Kier molecular flexibility index (Phi) is 5.47. The van der Waals surface area contributed by atoms with Crippen LogP contribution in [0.25, 0.3) is 11.1 Å². The third kappa shape index (κ3) is 4.33. The van der Waals surface area contributed by atoms with E-state index in [4.69, 9.17) is 4.74 Å². The Morgan fingerprint density at radius 2 is 1.97 bits per heavy atom. The zero-order valence-electron chi connectivity index (χ0n) is 16.6. The van der Waals surface area contributed by atoms with Crippen molar-refractivity contribution in [2.75, 3.05) is 12.4 Å². The zero-order chi connectivity index (χ0) is 20.9. The molecule has 1 aromatic carbocycles. The number of hydrogen-bond acceptors (Lipinski definition) is 6. The van der Waals surface area contributed by atoms with Gasteiger partial charge in [-0.05, 0) is 36.2 Å². The van der Waals surface area contributed by atoms with Gasteiger partial charge in [0.1, 0.15) is 17.4 Å². The van der Waals surface area contributed by atoms with Crippen LogP contribution in [0.4, 0.5) is 5.82 Å². The zero-order valence-corrected chi connectivity index (χ0v) is 16.6. The number of aryl methyl sites for hydroxylation is 1. The quantitative estimate of drug-likeness (QED) is 0.514. The molecule has 8 heteroatoms. The summed E-state index contributed by atoms with van der Waals surface area (Å²) >= 11 is 0. The number of carbonyl (C=O) groups is 1. The molecule has 0 radical (unpaired) electrons. The molecule has 0 unspecified atom stereocenters. The molecule has 0 aliphatic heterocycles. The van der Waals surface area contributed by atoms with Gasteiger partial charge in [0.05, 0.1) is 13.3 Å². The van der Waals surface area contributed by atoms with Gasteiger partial charge in [-0.2, -0.15) is 0 Å². The van der Waals surface area contributed by atoms with Gasteiger partial charge in [-0.3, -0.25) is 14.9 Å². The number of H-pyrrole nitrogens is 1. The normalized spacial score (nSPS) is 10.6. The molecule has 8 nitrogen and oxygen atoms in total. The predicted molar refractivity (Wildman–Crippen MR) is 112 cm³/mol. The van der Waals surface area contributed by atoms with Gasteiger partial charge in [-0.15, -0.1) is 5.10 Å². The van der Waals surface area contributed by atoms with Crippen molar-refractivity contribution in [2.45, 2.75) is 13.3 Å². The highest BCUT2D eigenvalue weighted by atomic mass is 16.5. The molecule has 4 aromatic rings. The van der Waals surface area contributed by atoms with Crippen molar-refractivity contribution in [1.29, 1.82) is 0 Å². The van der Waals surface area contributed by atoms with E-state index in [0.717, 1.165) is 22.4 Å². The van der Waals surface area contributed by atoms with Crippen LogP contribution in [0.1, 0.15) is 27.7 Å². The van der Waals surface area contributed by atoms with Gasteiger partial charge in [0.25, 0.3) is 5.91 Å². The van der Waals surface area contributed by atoms with Crippen molar-refractivity contribution >= 4 is 11.7 Å². The van der Waals surface area contributed by atoms with Gasteiger partial charge in [-0.25, -0.2) is 9.97 Å². The third-order valence-corrected chi connectivity index (χ3v) is 4.49. The van der Waals surface area contributed by atoms with E-state index in [0.29, 0.717) is 23.8 Å². The first-order valence-electron chi connectivity index (χ1n) is 9.36. The summed E-state index contributed by atoms with van der Waals surface area (Å²) in [5.74, 6) is 1.27. The molecule has 0 saturated heterocycles. The third-order valence-electron chi connectivity index (χ3n) is 4.49. The molecular formula is C22H20N6O2. The number of nitrogens with one attached hydrogen (secondary N) is 2. The molecular weight excluding hydrogens is 380 g/mol. The molecule has 0 fully saturated rings. The lowest BCUT2D eigenvalue weighted by atomic mass is 10.1. The Morgan fingerprint density at radius 3 is 2.77 bits per heavy atom. The van der Waals surface area contributed by atoms with Gasteiger partial charge in [0.2, 0.25) is 5.82 Å². The van der Waals surface area contributed by atoms with E-state index < -0.39 is 5.91 Å². The van der Waals surface area contributed by atoms with Crippen LogP contribution < -0.4 is 10.1 Å². The van der Waals surface area contributed by atoms with Crippen molar-refractivity contribution in [3.8, 4) is 16.9 Å². The highest BCUT2D eigenvalue weighted by Crippen LogP contribution is 2.30. The molecule has 0 aliphatic carbocycles. The maximum Gasteiger partial charge on any atom is 0.296 e. The van der Waals surface area contributed by atoms with E-state index in [-0.39, 0.29) is 5.82 Å². The second kappa shape index (κ2) is 8.52. The van der Waals surface area contributed by atoms with E-state index in [9.17, 15) is 4.79 Å². The highest BCUT2D eigenvalue weighted by Gasteiger charge is 2.15. The number of aromatic amines is 1. The fourth-order valence-corrected chi connectivity index (χ4v) is 3.04. The molecule has 4 rings (SSSR count). The number of methoxy groups -OCH3 is 1. The number of carbonyl (C=O) groups excluding carboxylic acids is 1. The average molecular weight is 400 g/mol. The summed E-state index contributed by atoms with van der Waals surface area (Å²) in [6.07, 6.45) is 3.86. The van der Waals surface area contributed by atoms with E-state index in [1.165, 1.54) is 0 Å². The maximum absolute atomic E-state index is 12.6. The predicted octanol–water partition coefficient (Wildman–Crippen LogP) is 3.42. The lowest BCUT2D eigenvalue weighted by molar-refractivity contribution is 0.101. The SMILES string of the molecule is COc1cnc(C)cc1-c1ccnc(NC(=O)c2n[nH]c(Cc3ccccc3)n2)c1. The minimum absolute atomic E-state index is 0.0606.